The summed E-state index contributed by atoms with van der Waals surface area (Å²) in [4.78, 5) is 28.7. The Balaban J connectivity index is 1.45. The predicted molar refractivity (Wildman–Crippen MR) is 117 cm³/mol. The van der Waals surface area contributed by atoms with Crippen molar-refractivity contribution in [1.29, 1.82) is 0 Å². The number of nitrogens with one attached hydrogen (secondary N) is 1. The van der Waals surface area contributed by atoms with Crippen LogP contribution in [0.3, 0.4) is 0 Å². The Labute approximate surface area is 177 Å². The highest BCUT2D eigenvalue weighted by Crippen LogP contribution is 2.22. The van der Waals surface area contributed by atoms with Gasteiger partial charge in [-0.05, 0) is 42.8 Å². The summed E-state index contributed by atoms with van der Waals surface area (Å²) in [7, 11) is 1.67. The molecule has 0 atom stereocenters. The van der Waals surface area contributed by atoms with E-state index in [4.69, 9.17) is 9.47 Å². The topological polar surface area (TPSA) is 71.1 Å². The van der Waals surface area contributed by atoms with Gasteiger partial charge in [-0.15, -0.1) is 0 Å². The number of hydrogen-bond acceptors (Lipinski definition) is 6. The number of carbonyl (C=O) groups excluding carboxylic acids is 2. The first kappa shape index (κ1) is 21.6. The van der Waals surface area contributed by atoms with Gasteiger partial charge in [-0.25, -0.2) is 4.79 Å². The number of amides is 1. The summed E-state index contributed by atoms with van der Waals surface area (Å²) in [5.74, 6) is 0.439. The Kier molecular flexibility index (Phi) is 7.68. The molecule has 1 amide bonds. The third-order valence-electron chi connectivity index (χ3n) is 5.00. The third kappa shape index (κ3) is 5.97. The standard InChI is InChI=1S/C23H29N3O4/c1-3-15-30-23(28)18-7-9-19(10-8-18)24-22(27)17-25-11-13-26(14-12-25)20-5-4-6-21(16-20)29-2/h4-10,16H,3,11-15,17H2,1-2H3,(H,24,27). The minimum Gasteiger partial charge on any atom is -0.497 e. The number of carbonyl (C=O) groups is 2. The van der Waals surface area contributed by atoms with Crippen molar-refractivity contribution in [2.75, 3.05) is 56.7 Å². The molecule has 1 N–H and O–H groups in total. The lowest BCUT2D eigenvalue weighted by molar-refractivity contribution is -0.117. The van der Waals surface area contributed by atoms with Crippen LogP contribution in [0.2, 0.25) is 0 Å². The van der Waals surface area contributed by atoms with Crippen LogP contribution in [0.4, 0.5) is 11.4 Å². The fourth-order valence-electron chi connectivity index (χ4n) is 3.34. The molecule has 7 nitrogen and oxygen atoms in total. The molecule has 0 saturated carbocycles. The van der Waals surface area contributed by atoms with Gasteiger partial charge in [0.25, 0.3) is 0 Å². The van der Waals surface area contributed by atoms with Crippen molar-refractivity contribution in [2.45, 2.75) is 13.3 Å². The molecule has 0 bridgehead atoms. The van der Waals surface area contributed by atoms with Crippen molar-refractivity contribution in [3.8, 4) is 5.75 Å². The summed E-state index contributed by atoms with van der Waals surface area (Å²) >= 11 is 0. The van der Waals surface area contributed by atoms with Gasteiger partial charge in [0.15, 0.2) is 0 Å². The smallest absolute Gasteiger partial charge is 0.338 e. The van der Waals surface area contributed by atoms with Crippen LogP contribution in [-0.4, -0.2) is 63.2 Å². The van der Waals surface area contributed by atoms with Gasteiger partial charge in [0.2, 0.25) is 5.91 Å². The largest absolute Gasteiger partial charge is 0.497 e. The van der Waals surface area contributed by atoms with Crippen LogP contribution < -0.4 is 15.0 Å². The maximum Gasteiger partial charge on any atom is 0.338 e. The van der Waals surface area contributed by atoms with Crippen LogP contribution in [0.15, 0.2) is 48.5 Å². The summed E-state index contributed by atoms with van der Waals surface area (Å²) in [5, 5.41) is 2.89. The first-order valence-corrected chi connectivity index (χ1v) is 10.3. The van der Waals surface area contributed by atoms with Crippen LogP contribution in [0.5, 0.6) is 5.75 Å². The zero-order valence-electron chi connectivity index (χ0n) is 17.6. The molecule has 3 rings (SSSR count). The fraction of sp³-hybridized carbons (Fsp3) is 0.391. The van der Waals surface area contributed by atoms with Crippen LogP contribution in [0.1, 0.15) is 23.7 Å². The molecule has 2 aromatic carbocycles. The third-order valence-corrected chi connectivity index (χ3v) is 5.00. The van der Waals surface area contributed by atoms with E-state index in [1.54, 1.807) is 31.4 Å². The van der Waals surface area contributed by atoms with E-state index in [-0.39, 0.29) is 11.9 Å². The Morgan fingerprint density at radius 2 is 1.77 bits per heavy atom. The number of esters is 1. The maximum atomic E-state index is 12.4. The molecule has 0 spiro atoms. The quantitative estimate of drug-likeness (QED) is 0.674. The van der Waals surface area contributed by atoms with Gasteiger partial charge in [-0.3, -0.25) is 9.69 Å². The molecular formula is C23H29N3O4. The average Bonchev–Trinajstić information content (AvgIpc) is 2.78. The SMILES string of the molecule is CCCOC(=O)c1ccc(NC(=O)CN2CCN(c3cccc(OC)c3)CC2)cc1. The first-order valence-electron chi connectivity index (χ1n) is 10.3. The molecule has 160 valence electrons. The molecule has 0 unspecified atom stereocenters. The van der Waals surface area contributed by atoms with Crippen LogP contribution in [-0.2, 0) is 9.53 Å². The van der Waals surface area contributed by atoms with E-state index < -0.39 is 0 Å². The van der Waals surface area contributed by atoms with E-state index in [0.717, 1.165) is 44.0 Å². The number of anilines is 2. The number of methoxy groups -OCH3 is 1. The zero-order chi connectivity index (χ0) is 21.3. The molecular weight excluding hydrogens is 382 g/mol. The molecule has 0 aromatic heterocycles. The highest BCUT2D eigenvalue weighted by atomic mass is 16.5. The van der Waals surface area contributed by atoms with Gasteiger partial charge < -0.3 is 19.7 Å². The number of nitrogens with zero attached hydrogens (tertiary/aromatic N) is 2. The van der Waals surface area contributed by atoms with Crippen molar-refractivity contribution in [3.63, 3.8) is 0 Å². The second-order valence-electron chi connectivity index (χ2n) is 7.23. The summed E-state index contributed by atoms with van der Waals surface area (Å²) in [6.45, 7) is 6.03. The normalized spacial score (nSPS) is 14.3. The van der Waals surface area contributed by atoms with Crippen molar-refractivity contribution in [2.24, 2.45) is 0 Å². The summed E-state index contributed by atoms with van der Waals surface area (Å²) in [5.41, 5.74) is 2.29. The van der Waals surface area contributed by atoms with Crippen molar-refractivity contribution in [3.05, 3.63) is 54.1 Å². The van der Waals surface area contributed by atoms with Gasteiger partial charge in [-0.2, -0.15) is 0 Å². The number of benzene rings is 2. The van der Waals surface area contributed by atoms with Gasteiger partial charge >= 0.3 is 5.97 Å². The lowest BCUT2D eigenvalue weighted by atomic mass is 10.2. The fourth-order valence-corrected chi connectivity index (χ4v) is 3.34. The van der Waals surface area contributed by atoms with Crippen LogP contribution in [0, 0.1) is 0 Å². The molecule has 1 aliphatic heterocycles. The number of piperazine rings is 1. The Morgan fingerprint density at radius 3 is 2.43 bits per heavy atom. The average molecular weight is 412 g/mol. The monoisotopic (exact) mass is 411 g/mol. The van der Waals surface area contributed by atoms with E-state index in [0.29, 0.717) is 24.4 Å². The van der Waals surface area contributed by atoms with E-state index in [1.807, 2.05) is 25.1 Å². The lowest BCUT2D eigenvalue weighted by Gasteiger charge is -2.35. The molecule has 1 fully saturated rings. The molecule has 1 aliphatic rings. The highest BCUT2D eigenvalue weighted by Gasteiger charge is 2.19. The number of rotatable bonds is 8. The summed E-state index contributed by atoms with van der Waals surface area (Å²) in [6.07, 6.45) is 0.785. The van der Waals surface area contributed by atoms with Crippen molar-refractivity contribution < 1.29 is 19.1 Å². The minimum atomic E-state index is -0.344. The van der Waals surface area contributed by atoms with Crippen molar-refractivity contribution in [1.82, 2.24) is 4.90 Å². The molecule has 0 aliphatic carbocycles. The summed E-state index contributed by atoms with van der Waals surface area (Å²) < 4.78 is 10.4. The van der Waals surface area contributed by atoms with Gasteiger partial charge in [-0.1, -0.05) is 13.0 Å². The first-order chi connectivity index (χ1) is 14.6. The van der Waals surface area contributed by atoms with E-state index in [2.05, 4.69) is 21.2 Å². The van der Waals surface area contributed by atoms with E-state index in [1.165, 1.54) is 0 Å². The van der Waals surface area contributed by atoms with Crippen LogP contribution in [0.25, 0.3) is 0 Å². The van der Waals surface area contributed by atoms with Gasteiger partial charge in [0.1, 0.15) is 5.75 Å². The molecule has 30 heavy (non-hydrogen) atoms. The zero-order valence-corrected chi connectivity index (χ0v) is 17.6. The van der Waals surface area contributed by atoms with Gasteiger partial charge in [0, 0.05) is 43.6 Å². The molecule has 1 heterocycles. The molecule has 7 heteroatoms. The highest BCUT2D eigenvalue weighted by molar-refractivity contribution is 5.94. The number of hydrogen-bond donors (Lipinski definition) is 1. The van der Waals surface area contributed by atoms with E-state index in [9.17, 15) is 9.59 Å². The second-order valence-corrected chi connectivity index (χ2v) is 7.23. The van der Waals surface area contributed by atoms with Crippen LogP contribution >= 0.6 is 0 Å². The van der Waals surface area contributed by atoms with Gasteiger partial charge in [0.05, 0.1) is 25.8 Å². The Bertz CT molecular complexity index is 846. The maximum absolute atomic E-state index is 12.4. The molecule has 1 saturated heterocycles. The van der Waals surface area contributed by atoms with E-state index >= 15 is 0 Å². The lowest BCUT2D eigenvalue weighted by Crippen LogP contribution is -2.48. The minimum absolute atomic E-state index is 0.0638. The number of ether oxygens (including phenoxy) is 2. The molecule has 2 aromatic rings. The Hall–Kier alpha value is -3.06. The molecule has 0 radical (unpaired) electrons. The van der Waals surface area contributed by atoms with Crippen molar-refractivity contribution >= 4 is 23.3 Å². The Morgan fingerprint density at radius 1 is 1.03 bits per heavy atom. The predicted octanol–water partition coefficient (Wildman–Crippen LogP) is 3.02. The second kappa shape index (κ2) is 10.6. The summed E-state index contributed by atoms with van der Waals surface area (Å²) in [6, 6.07) is 14.8.